The van der Waals surface area contributed by atoms with Crippen LogP contribution in [0.25, 0.3) is 0 Å². The molecule has 0 radical (unpaired) electrons. The molecule has 1 N–H and O–H groups in total. The van der Waals surface area contributed by atoms with Gasteiger partial charge >= 0.3 is 11.9 Å². The standard InChI is InChI=1S/C39H55N3O9/c1-9-41-18-13-25-20-30(46-5)32(48-7)22-27(25)35(41)29-24-38(36(44)50-10-2,37(45)51-11-3)15-16-39(29)28-23-33(49-8)31(47-6)21-26(28)14-19-42(39)34(43)12-17-40-4/h20-23,29,35,40H,9-19,24H2,1-8H3. The Morgan fingerprint density at radius 2 is 1.35 bits per heavy atom. The number of nitrogens with one attached hydrogen (secondary N) is 1. The van der Waals surface area contributed by atoms with Gasteiger partial charge in [-0.3, -0.25) is 19.3 Å². The lowest BCUT2D eigenvalue weighted by molar-refractivity contribution is -0.185. The fourth-order valence-electron chi connectivity index (χ4n) is 8.95. The minimum atomic E-state index is -1.58. The van der Waals surface area contributed by atoms with Gasteiger partial charge in [-0.2, -0.15) is 0 Å². The molecule has 2 aromatic rings. The normalized spacial score (nSPS) is 22.4. The van der Waals surface area contributed by atoms with Gasteiger partial charge in [-0.15, -0.1) is 0 Å². The first kappa shape index (κ1) is 38.2. The fraction of sp³-hybridized carbons (Fsp3) is 0.615. The number of hydrogen-bond acceptors (Lipinski definition) is 11. The molecule has 12 nitrogen and oxygen atoms in total. The van der Waals surface area contributed by atoms with Crippen LogP contribution in [0.3, 0.4) is 0 Å². The van der Waals surface area contributed by atoms with E-state index in [0.29, 0.717) is 55.5 Å². The summed E-state index contributed by atoms with van der Waals surface area (Å²) in [4.78, 5) is 47.4. The summed E-state index contributed by atoms with van der Waals surface area (Å²) in [6.07, 6.45) is 2.23. The van der Waals surface area contributed by atoms with E-state index in [0.717, 1.165) is 35.2 Å². The van der Waals surface area contributed by atoms with Crippen molar-refractivity contribution in [2.45, 2.75) is 70.9 Å². The number of methoxy groups -OCH3 is 4. The highest BCUT2D eigenvalue weighted by molar-refractivity contribution is 6.00. The Labute approximate surface area is 302 Å². The molecule has 3 aliphatic rings. The third kappa shape index (κ3) is 6.61. The van der Waals surface area contributed by atoms with Crippen LogP contribution >= 0.6 is 0 Å². The maximum atomic E-state index is 14.6. The summed E-state index contributed by atoms with van der Waals surface area (Å²) >= 11 is 0. The van der Waals surface area contributed by atoms with Crippen molar-refractivity contribution in [1.82, 2.24) is 15.1 Å². The summed E-state index contributed by atoms with van der Waals surface area (Å²) < 4.78 is 34.6. The Morgan fingerprint density at radius 1 is 0.784 bits per heavy atom. The minimum Gasteiger partial charge on any atom is -0.493 e. The summed E-state index contributed by atoms with van der Waals surface area (Å²) in [7, 11) is 8.31. The topological polar surface area (TPSA) is 125 Å². The molecule has 51 heavy (non-hydrogen) atoms. The molecule has 2 aliphatic heterocycles. The highest BCUT2D eigenvalue weighted by atomic mass is 16.6. The Morgan fingerprint density at radius 3 is 1.92 bits per heavy atom. The number of amides is 1. The van der Waals surface area contributed by atoms with Crippen molar-refractivity contribution in [3.8, 4) is 23.0 Å². The maximum Gasteiger partial charge on any atom is 0.323 e. The van der Waals surface area contributed by atoms with E-state index in [1.165, 1.54) is 0 Å². The summed E-state index contributed by atoms with van der Waals surface area (Å²) in [6.45, 7) is 8.25. The number of carbonyl (C=O) groups excluding carboxylic acids is 3. The predicted molar refractivity (Wildman–Crippen MR) is 191 cm³/mol. The van der Waals surface area contributed by atoms with E-state index in [4.69, 9.17) is 28.4 Å². The zero-order valence-corrected chi connectivity index (χ0v) is 31.5. The van der Waals surface area contributed by atoms with Crippen LogP contribution in [0.1, 0.15) is 74.8 Å². The van der Waals surface area contributed by atoms with Gasteiger partial charge in [-0.25, -0.2) is 0 Å². The second-order valence-corrected chi connectivity index (χ2v) is 13.5. The van der Waals surface area contributed by atoms with E-state index in [-0.39, 0.29) is 44.4 Å². The fourth-order valence-corrected chi connectivity index (χ4v) is 8.95. The average Bonchev–Trinajstić information content (AvgIpc) is 3.15. The Bertz CT molecular complexity index is 1580. The van der Waals surface area contributed by atoms with Crippen molar-refractivity contribution >= 4 is 17.8 Å². The first-order valence-electron chi connectivity index (χ1n) is 18.2. The molecule has 2 aromatic carbocycles. The molecule has 3 atom stereocenters. The number of hydrogen-bond donors (Lipinski definition) is 1. The lowest BCUT2D eigenvalue weighted by Crippen LogP contribution is -2.65. The van der Waals surface area contributed by atoms with Crippen molar-refractivity contribution in [3.05, 3.63) is 46.5 Å². The third-order valence-electron chi connectivity index (χ3n) is 11.3. The number of rotatable bonds is 13. The van der Waals surface area contributed by atoms with E-state index in [1.54, 1.807) is 42.3 Å². The third-order valence-corrected chi connectivity index (χ3v) is 11.3. The van der Waals surface area contributed by atoms with Crippen LogP contribution in [0.4, 0.5) is 0 Å². The van der Waals surface area contributed by atoms with Crippen molar-refractivity contribution in [2.24, 2.45) is 11.3 Å². The number of ether oxygens (including phenoxy) is 6. The van der Waals surface area contributed by atoms with Crippen LogP contribution in [-0.2, 0) is 42.2 Å². The second-order valence-electron chi connectivity index (χ2n) is 13.5. The monoisotopic (exact) mass is 709 g/mol. The Balaban J connectivity index is 1.88. The molecule has 2 heterocycles. The van der Waals surface area contributed by atoms with E-state index in [1.807, 2.05) is 36.2 Å². The summed E-state index contributed by atoms with van der Waals surface area (Å²) in [5.41, 5.74) is 1.57. The smallest absolute Gasteiger partial charge is 0.323 e. The molecule has 3 unspecified atom stereocenters. The first-order chi connectivity index (χ1) is 24.6. The van der Waals surface area contributed by atoms with E-state index in [2.05, 4.69) is 17.1 Å². The van der Waals surface area contributed by atoms with Crippen LogP contribution in [-0.4, -0.2) is 103 Å². The van der Waals surface area contributed by atoms with Crippen LogP contribution in [0, 0.1) is 11.3 Å². The maximum absolute atomic E-state index is 14.6. The van der Waals surface area contributed by atoms with Crippen molar-refractivity contribution < 1.29 is 42.8 Å². The highest BCUT2D eigenvalue weighted by Gasteiger charge is 2.64. The van der Waals surface area contributed by atoms with Crippen LogP contribution in [0.2, 0.25) is 0 Å². The molecule has 0 aromatic heterocycles. The zero-order valence-electron chi connectivity index (χ0n) is 31.5. The number of esters is 2. The van der Waals surface area contributed by atoms with Crippen LogP contribution in [0.15, 0.2) is 24.3 Å². The molecule has 1 fully saturated rings. The highest BCUT2D eigenvalue weighted by Crippen LogP contribution is 2.61. The summed E-state index contributed by atoms with van der Waals surface area (Å²) in [6, 6.07) is 7.76. The van der Waals surface area contributed by atoms with E-state index < -0.39 is 28.8 Å². The molecule has 1 spiro atoms. The van der Waals surface area contributed by atoms with E-state index >= 15 is 0 Å². The van der Waals surface area contributed by atoms with Crippen LogP contribution < -0.4 is 24.3 Å². The van der Waals surface area contributed by atoms with Gasteiger partial charge in [-0.05, 0) is 106 Å². The minimum absolute atomic E-state index is 0.000877. The van der Waals surface area contributed by atoms with Gasteiger partial charge < -0.3 is 38.6 Å². The van der Waals surface area contributed by atoms with Gasteiger partial charge in [-0.1, -0.05) is 6.92 Å². The molecule has 12 heteroatoms. The number of nitrogens with zero attached hydrogens (tertiary/aromatic N) is 2. The lowest BCUT2D eigenvalue weighted by Gasteiger charge is -2.60. The zero-order chi connectivity index (χ0) is 36.9. The van der Waals surface area contributed by atoms with Gasteiger partial charge in [0, 0.05) is 38.0 Å². The van der Waals surface area contributed by atoms with Crippen molar-refractivity contribution in [2.75, 3.05) is 74.9 Å². The number of fused-ring (bicyclic) bond motifs is 3. The number of benzene rings is 2. The largest absolute Gasteiger partial charge is 0.493 e. The second kappa shape index (κ2) is 16.1. The van der Waals surface area contributed by atoms with Gasteiger partial charge in [0.25, 0.3) is 0 Å². The molecule has 0 saturated heterocycles. The average molecular weight is 710 g/mol. The molecule has 1 amide bonds. The predicted octanol–water partition coefficient (Wildman–Crippen LogP) is 4.44. The Kier molecular flexibility index (Phi) is 12.1. The lowest BCUT2D eigenvalue weighted by atomic mass is 9.54. The van der Waals surface area contributed by atoms with Gasteiger partial charge in [0.15, 0.2) is 28.4 Å². The summed E-state index contributed by atoms with van der Waals surface area (Å²) in [5.74, 6) is 0.717. The van der Waals surface area contributed by atoms with Gasteiger partial charge in [0.1, 0.15) is 0 Å². The Hall–Kier alpha value is -4.03. The quantitative estimate of drug-likeness (QED) is 0.235. The molecule has 0 bridgehead atoms. The number of likely N-dealkylation sites (N-methyl/N-ethyl adjacent to an activating group) is 1. The van der Waals surface area contributed by atoms with E-state index in [9.17, 15) is 14.4 Å². The summed E-state index contributed by atoms with van der Waals surface area (Å²) in [5, 5.41) is 3.14. The van der Waals surface area contributed by atoms with Crippen molar-refractivity contribution in [1.29, 1.82) is 0 Å². The molecule has 1 saturated carbocycles. The molecular weight excluding hydrogens is 654 g/mol. The van der Waals surface area contributed by atoms with Gasteiger partial charge in [0.2, 0.25) is 5.91 Å². The van der Waals surface area contributed by atoms with Crippen molar-refractivity contribution in [3.63, 3.8) is 0 Å². The molecule has 5 rings (SSSR count). The SMILES string of the molecule is CCOC(=O)C1(C(=O)OCC)CCC2(c3cc(OC)c(OC)cc3CCN2C(=O)CCNC)C(C2c3cc(OC)c(OC)cc3CCN2CC)C1. The van der Waals surface area contributed by atoms with Gasteiger partial charge in [0.05, 0.1) is 47.2 Å². The number of carbonyl (C=O) groups is 3. The van der Waals surface area contributed by atoms with Crippen LogP contribution in [0.5, 0.6) is 23.0 Å². The molecular formula is C39H55N3O9. The molecule has 1 aliphatic carbocycles. The first-order valence-corrected chi connectivity index (χ1v) is 18.2. The molecule has 280 valence electrons.